The molecule has 0 saturated carbocycles. The van der Waals surface area contributed by atoms with E-state index in [2.05, 4.69) is 6.92 Å². The molecule has 2 N–H and O–H groups in total. The molecule has 1 unspecified atom stereocenters. The molecule has 0 rings (SSSR count). The maximum Gasteiger partial charge on any atom is 0.235 e. The highest BCUT2D eigenvalue weighted by atomic mass is 32.1. The van der Waals surface area contributed by atoms with Gasteiger partial charge in [0.25, 0.3) is 0 Å². The number of rotatable bonds is 5. The highest BCUT2D eigenvalue weighted by Crippen LogP contribution is 2.21. The summed E-state index contributed by atoms with van der Waals surface area (Å²) in [7, 11) is 0. The van der Waals surface area contributed by atoms with E-state index < -0.39 is 5.41 Å². The molecule has 0 bridgehead atoms. The molecule has 0 aliphatic heterocycles. The Labute approximate surface area is 98.0 Å². The van der Waals surface area contributed by atoms with Crippen molar-refractivity contribution >= 4 is 23.1 Å². The zero-order valence-corrected chi connectivity index (χ0v) is 11.1. The largest absolute Gasteiger partial charge is 0.392 e. The number of nitrogens with two attached hydrogens (primary N) is 1. The second-order valence-corrected chi connectivity index (χ2v) is 4.78. The minimum absolute atomic E-state index is 0.0202. The fraction of sp³-hybridized carbons (Fsp3) is 0.818. The van der Waals surface area contributed by atoms with E-state index in [0.29, 0.717) is 6.54 Å². The molecular weight excluding hydrogens is 208 g/mol. The molecule has 0 fully saturated rings. The number of nitrogens with zero attached hydrogens (tertiary/aromatic N) is 1. The van der Waals surface area contributed by atoms with E-state index in [0.717, 1.165) is 6.42 Å². The molecule has 0 aromatic heterocycles. The highest BCUT2D eigenvalue weighted by Gasteiger charge is 2.35. The lowest BCUT2D eigenvalue weighted by Gasteiger charge is -2.34. The number of carbonyl (C=O) groups excluding carboxylic acids is 1. The van der Waals surface area contributed by atoms with Gasteiger partial charge in [-0.3, -0.25) is 4.79 Å². The summed E-state index contributed by atoms with van der Waals surface area (Å²) >= 11 is 4.93. The molecule has 0 aromatic carbocycles. The van der Waals surface area contributed by atoms with Crippen LogP contribution in [-0.2, 0) is 4.79 Å². The molecule has 4 heteroatoms. The van der Waals surface area contributed by atoms with Crippen molar-refractivity contribution in [3.05, 3.63) is 0 Å². The monoisotopic (exact) mass is 230 g/mol. The Balaban J connectivity index is 4.88. The molecular formula is C11H22N2OS. The Morgan fingerprint density at radius 1 is 1.47 bits per heavy atom. The molecule has 3 nitrogen and oxygen atoms in total. The SMILES string of the molecule is CCC(C)N(CC)C(=O)C(C)(C)C(N)=S. The standard InChI is InChI=1S/C11H22N2OS/c1-6-8(3)13(7-2)10(14)11(4,5)9(12)15/h8H,6-7H2,1-5H3,(H2,12,15). The summed E-state index contributed by atoms with van der Waals surface area (Å²) in [5.74, 6) is 0.0202. The summed E-state index contributed by atoms with van der Waals surface area (Å²) in [6.45, 7) is 10.3. The van der Waals surface area contributed by atoms with Gasteiger partial charge in [-0.15, -0.1) is 0 Å². The molecule has 0 aliphatic carbocycles. The summed E-state index contributed by atoms with van der Waals surface area (Å²) in [6, 6.07) is 0.233. The first-order chi connectivity index (χ1) is 6.78. The van der Waals surface area contributed by atoms with Gasteiger partial charge in [-0.25, -0.2) is 0 Å². The average molecular weight is 230 g/mol. The first kappa shape index (κ1) is 14.4. The third-order valence-corrected chi connectivity index (χ3v) is 3.39. The van der Waals surface area contributed by atoms with Gasteiger partial charge in [0.2, 0.25) is 5.91 Å². The third kappa shape index (κ3) is 3.16. The van der Waals surface area contributed by atoms with E-state index in [4.69, 9.17) is 18.0 Å². The van der Waals surface area contributed by atoms with Crippen molar-refractivity contribution in [2.24, 2.45) is 11.1 Å². The van der Waals surface area contributed by atoms with E-state index in [9.17, 15) is 4.79 Å². The zero-order valence-electron chi connectivity index (χ0n) is 10.3. The normalized spacial score (nSPS) is 13.4. The van der Waals surface area contributed by atoms with Gasteiger partial charge < -0.3 is 10.6 Å². The molecule has 0 spiro atoms. The highest BCUT2D eigenvalue weighted by molar-refractivity contribution is 7.80. The maximum atomic E-state index is 12.2. The predicted octanol–water partition coefficient (Wildman–Crippen LogP) is 1.95. The predicted molar refractivity (Wildman–Crippen MR) is 67.7 cm³/mol. The molecule has 88 valence electrons. The lowest BCUT2D eigenvalue weighted by molar-refractivity contribution is -0.138. The fourth-order valence-corrected chi connectivity index (χ4v) is 1.43. The van der Waals surface area contributed by atoms with Crippen molar-refractivity contribution in [3.8, 4) is 0 Å². The van der Waals surface area contributed by atoms with E-state index in [1.165, 1.54) is 0 Å². The van der Waals surface area contributed by atoms with Crippen molar-refractivity contribution in [2.75, 3.05) is 6.54 Å². The first-order valence-electron chi connectivity index (χ1n) is 5.39. The van der Waals surface area contributed by atoms with Crippen LogP contribution >= 0.6 is 12.2 Å². The molecule has 0 aliphatic rings. The van der Waals surface area contributed by atoms with E-state index in [1.54, 1.807) is 13.8 Å². The lowest BCUT2D eigenvalue weighted by atomic mass is 9.91. The van der Waals surface area contributed by atoms with Crippen LogP contribution in [0.2, 0.25) is 0 Å². The van der Waals surface area contributed by atoms with Gasteiger partial charge in [-0.2, -0.15) is 0 Å². The number of amides is 1. The maximum absolute atomic E-state index is 12.2. The molecule has 15 heavy (non-hydrogen) atoms. The van der Waals surface area contributed by atoms with Gasteiger partial charge >= 0.3 is 0 Å². The van der Waals surface area contributed by atoms with Crippen molar-refractivity contribution < 1.29 is 4.79 Å². The van der Waals surface area contributed by atoms with E-state index in [-0.39, 0.29) is 16.9 Å². The van der Waals surface area contributed by atoms with Crippen molar-refractivity contribution in [2.45, 2.75) is 47.1 Å². The van der Waals surface area contributed by atoms with Crippen molar-refractivity contribution in [1.82, 2.24) is 4.90 Å². The molecule has 1 atom stereocenters. The summed E-state index contributed by atoms with van der Waals surface area (Å²) in [5.41, 5.74) is 4.85. The van der Waals surface area contributed by atoms with Crippen molar-refractivity contribution in [1.29, 1.82) is 0 Å². The summed E-state index contributed by atoms with van der Waals surface area (Å²) in [4.78, 5) is 14.3. The fourth-order valence-electron chi connectivity index (χ4n) is 1.34. The Morgan fingerprint density at radius 3 is 2.20 bits per heavy atom. The van der Waals surface area contributed by atoms with Gasteiger partial charge in [0.15, 0.2) is 0 Å². The molecule has 0 aromatic rings. The number of hydrogen-bond donors (Lipinski definition) is 1. The van der Waals surface area contributed by atoms with Crippen LogP contribution in [0.4, 0.5) is 0 Å². The number of thiocarbonyl (C=S) groups is 1. The summed E-state index contributed by atoms with van der Waals surface area (Å²) < 4.78 is 0. The van der Waals surface area contributed by atoms with Crippen LogP contribution in [0.3, 0.4) is 0 Å². The molecule has 0 radical (unpaired) electrons. The Hall–Kier alpha value is -0.640. The second-order valence-electron chi connectivity index (χ2n) is 4.34. The molecule has 0 saturated heterocycles. The number of carbonyl (C=O) groups is 1. The molecule has 0 heterocycles. The van der Waals surface area contributed by atoms with Gasteiger partial charge in [0.05, 0.1) is 10.4 Å². The topological polar surface area (TPSA) is 46.3 Å². The van der Waals surface area contributed by atoms with E-state index in [1.807, 2.05) is 18.7 Å². The van der Waals surface area contributed by atoms with Crippen LogP contribution in [0.5, 0.6) is 0 Å². The Bertz CT molecular complexity index is 251. The minimum atomic E-state index is -0.741. The second kappa shape index (κ2) is 5.45. The minimum Gasteiger partial charge on any atom is -0.392 e. The zero-order chi connectivity index (χ0) is 12.2. The molecule has 1 amide bonds. The summed E-state index contributed by atoms with van der Waals surface area (Å²) in [6.07, 6.45) is 0.937. The van der Waals surface area contributed by atoms with Gasteiger partial charge in [0, 0.05) is 12.6 Å². The van der Waals surface area contributed by atoms with Gasteiger partial charge in [-0.05, 0) is 34.1 Å². The van der Waals surface area contributed by atoms with Crippen LogP contribution < -0.4 is 5.73 Å². The van der Waals surface area contributed by atoms with E-state index >= 15 is 0 Å². The quantitative estimate of drug-likeness (QED) is 0.734. The summed E-state index contributed by atoms with van der Waals surface area (Å²) in [5, 5.41) is 0. The van der Waals surface area contributed by atoms with Crippen LogP contribution in [-0.4, -0.2) is 28.4 Å². The lowest BCUT2D eigenvalue weighted by Crippen LogP contribution is -2.50. The van der Waals surface area contributed by atoms with Crippen molar-refractivity contribution in [3.63, 3.8) is 0 Å². The first-order valence-corrected chi connectivity index (χ1v) is 5.80. The van der Waals surface area contributed by atoms with Crippen LogP contribution in [0.15, 0.2) is 0 Å². The Morgan fingerprint density at radius 2 is 1.93 bits per heavy atom. The Kier molecular flexibility index (Phi) is 5.21. The smallest absolute Gasteiger partial charge is 0.235 e. The van der Waals surface area contributed by atoms with Gasteiger partial charge in [0.1, 0.15) is 0 Å². The van der Waals surface area contributed by atoms with Crippen LogP contribution in [0.1, 0.15) is 41.0 Å². The van der Waals surface area contributed by atoms with Crippen LogP contribution in [0.25, 0.3) is 0 Å². The van der Waals surface area contributed by atoms with Gasteiger partial charge in [-0.1, -0.05) is 19.1 Å². The van der Waals surface area contributed by atoms with Crippen LogP contribution in [0, 0.1) is 5.41 Å². The number of hydrogen-bond acceptors (Lipinski definition) is 2. The average Bonchev–Trinajstić information content (AvgIpc) is 2.17. The third-order valence-electron chi connectivity index (χ3n) is 2.88.